The molecule has 2 rings (SSSR count). The van der Waals surface area contributed by atoms with Gasteiger partial charge in [0.05, 0.1) is 14.2 Å². The Balaban J connectivity index is 2.53. The van der Waals surface area contributed by atoms with Crippen molar-refractivity contribution in [2.75, 3.05) is 20.8 Å². The van der Waals surface area contributed by atoms with Crippen molar-refractivity contribution >= 4 is 11.6 Å². The van der Waals surface area contributed by atoms with E-state index in [-0.39, 0.29) is 5.41 Å². The molecule has 3 nitrogen and oxygen atoms in total. The molecule has 0 spiro atoms. The van der Waals surface area contributed by atoms with Crippen LogP contribution in [0.4, 0.5) is 0 Å². The van der Waals surface area contributed by atoms with Crippen LogP contribution < -0.4 is 15.2 Å². The van der Waals surface area contributed by atoms with E-state index in [0.29, 0.717) is 23.1 Å². The fourth-order valence-electron chi connectivity index (χ4n) is 2.95. The number of hydrogen-bond acceptors (Lipinski definition) is 3. The predicted molar refractivity (Wildman–Crippen MR) is 73.8 cm³/mol. The Morgan fingerprint density at radius 3 is 2.39 bits per heavy atom. The normalized spacial score (nSPS) is 17.8. The van der Waals surface area contributed by atoms with E-state index < -0.39 is 0 Å². The number of methoxy groups -OCH3 is 2. The Bertz CT molecular complexity index is 428. The van der Waals surface area contributed by atoms with Gasteiger partial charge < -0.3 is 15.2 Å². The van der Waals surface area contributed by atoms with Crippen molar-refractivity contribution in [2.45, 2.75) is 31.1 Å². The first-order chi connectivity index (χ1) is 8.68. The van der Waals surface area contributed by atoms with Crippen molar-refractivity contribution in [1.29, 1.82) is 0 Å². The molecule has 4 heteroatoms. The molecule has 18 heavy (non-hydrogen) atoms. The van der Waals surface area contributed by atoms with Gasteiger partial charge in [0.2, 0.25) is 0 Å². The molecule has 0 aliphatic heterocycles. The van der Waals surface area contributed by atoms with E-state index in [4.69, 9.17) is 26.8 Å². The van der Waals surface area contributed by atoms with Gasteiger partial charge in [-0.15, -0.1) is 0 Å². The van der Waals surface area contributed by atoms with Gasteiger partial charge in [0.1, 0.15) is 16.5 Å². The van der Waals surface area contributed by atoms with E-state index >= 15 is 0 Å². The molecule has 0 atom stereocenters. The molecule has 0 radical (unpaired) electrons. The highest BCUT2D eigenvalue weighted by Gasteiger charge is 2.37. The highest BCUT2D eigenvalue weighted by atomic mass is 35.5. The molecular formula is C14H20ClNO2. The van der Waals surface area contributed by atoms with Crippen LogP contribution in [0.1, 0.15) is 31.2 Å². The topological polar surface area (TPSA) is 44.5 Å². The minimum absolute atomic E-state index is 0.0151. The maximum atomic E-state index is 6.32. The summed E-state index contributed by atoms with van der Waals surface area (Å²) in [6.45, 7) is 0.631. The Morgan fingerprint density at radius 2 is 1.89 bits per heavy atom. The van der Waals surface area contributed by atoms with E-state index in [2.05, 4.69) is 0 Å². The molecule has 1 fully saturated rings. The fourth-order valence-corrected chi connectivity index (χ4v) is 3.27. The number of halogens is 1. The summed E-state index contributed by atoms with van der Waals surface area (Å²) in [4.78, 5) is 0. The van der Waals surface area contributed by atoms with E-state index in [0.717, 1.165) is 18.4 Å². The maximum absolute atomic E-state index is 6.32. The predicted octanol–water partition coefficient (Wildman–Crippen LogP) is 3.13. The first-order valence-electron chi connectivity index (χ1n) is 6.29. The fraction of sp³-hybridized carbons (Fsp3) is 0.571. The van der Waals surface area contributed by atoms with Gasteiger partial charge in [-0.05, 0) is 18.9 Å². The van der Waals surface area contributed by atoms with Gasteiger partial charge in [-0.25, -0.2) is 0 Å². The van der Waals surface area contributed by atoms with Crippen molar-refractivity contribution < 1.29 is 9.47 Å². The van der Waals surface area contributed by atoms with Crippen molar-refractivity contribution in [3.63, 3.8) is 0 Å². The molecule has 0 amide bonds. The van der Waals surface area contributed by atoms with Crippen molar-refractivity contribution in [1.82, 2.24) is 0 Å². The van der Waals surface area contributed by atoms with Crippen LogP contribution in [0.3, 0.4) is 0 Å². The van der Waals surface area contributed by atoms with Crippen molar-refractivity contribution in [2.24, 2.45) is 5.73 Å². The van der Waals surface area contributed by atoms with Crippen LogP contribution >= 0.6 is 11.6 Å². The summed E-state index contributed by atoms with van der Waals surface area (Å²) in [7, 11) is 3.25. The average Bonchev–Trinajstić information content (AvgIpc) is 2.88. The quantitative estimate of drug-likeness (QED) is 0.913. The zero-order chi connectivity index (χ0) is 13.2. The van der Waals surface area contributed by atoms with E-state index in [1.54, 1.807) is 14.2 Å². The van der Waals surface area contributed by atoms with Gasteiger partial charge in [-0.2, -0.15) is 0 Å². The summed E-state index contributed by atoms with van der Waals surface area (Å²) in [6, 6.07) is 3.94. The van der Waals surface area contributed by atoms with Crippen LogP contribution in [0.2, 0.25) is 5.02 Å². The van der Waals surface area contributed by atoms with Crippen molar-refractivity contribution in [3.8, 4) is 11.5 Å². The molecule has 0 unspecified atom stereocenters. The third kappa shape index (κ3) is 2.06. The SMILES string of the molecule is COc1ccc(C2(CN)CCCC2)c(OC)c1Cl. The van der Waals surface area contributed by atoms with E-state index in [1.165, 1.54) is 12.8 Å². The summed E-state index contributed by atoms with van der Waals surface area (Å²) in [5.74, 6) is 1.35. The first kappa shape index (κ1) is 13.5. The largest absolute Gasteiger partial charge is 0.495 e. The second kappa shape index (κ2) is 5.37. The number of benzene rings is 1. The number of rotatable bonds is 4. The van der Waals surface area contributed by atoms with Crippen LogP contribution in [0, 0.1) is 0 Å². The molecule has 1 saturated carbocycles. The minimum Gasteiger partial charge on any atom is -0.495 e. The Hall–Kier alpha value is -0.930. The molecule has 1 aliphatic carbocycles. The third-order valence-corrected chi connectivity index (χ3v) is 4.37. The molecule has 0 heterocycles. The average molecular weight is 270 g/mol. The third-order valence-electron chi connectivity index (χ3n) is 4.01. The smallest absolute Gasteiger partial charge is 0.145 e. The first-order valence-corrected chi connectivity index (χ1v) is 6.67. The van der Waals surface area contributed by atoms with Crippen LogP contribution in [-0.4, -0.2) is 20.8 Å². The van der Waals surface area contributed by atoms with Gasteiger partial charge in [0.25, 0.3) is 0 Å². The van der Waals surface area contributed by atoms with Crippen LogP contribution in [-0.2, 0) is 5.41 Å². The molecule has 0 saturated heterocycles. The van der Waals surface area contributed by atoms with E-state index in [9.17, 15) is 0 Å². The van der Waals surface area contributed by atoms with Crippen LogP contribution in [0.15, 0.2) is 12.1 Å². The van der Waals surface area contributed by atoms with Crippen LogP contribution in [0.5, 0.6) is 11.5 Å². The summed E-state index contributed by atoms with van der Waals surface area (Å²) >= 11 is 6.32. The lowest BCUT2D eigenvalue weighted by atomic mass is 9.78. The zero-order valence-corrected chi connectivity index (χ0v) is 11.7. The van der Waals surface area contributed by atoms with Gasteiger partial charge >= 0.3 is 0 Å². The lowest BCUT2D eigenvalue weighted by Crippen LogP contribution is -2.32. The summed E-state index contributed by atoms with van der Waals surface area (Å²) in [6.07, 6.45) is 4.62. The number of ether oxygens (including phenoxy) is 2. The molecule has 2 N–H and O–H groups in total. The number of nitrogens with two attached hydrogens (primary N) is 1. The molecule has 0 aromatic heterocycles. The van der Waals surface area contributed by atoms with E-state index in [1.807, 2.05) is 12.1 Å². The highest BCUT2D eigenvalue weighted by molar-refractivity contribution is 6.33. The lowest BCUT2D eigenvalue weighted by molar-refractivity contribution is 0.369. The molecule has 1 aromatic rings. The monoisotopic (exact) mass is 269 g/mol. The molecule has 1 aromatic carbocycles. The second-order valence-corrected chi connectivity index (χ2v) is 5.23. The van der Waals surface area contributed by atoms with Crippen molar-refractivity contribution in [3.05, 3.63) is 22.7 Å². The molecule has 100 valence electrons. The summed E-state index contributed by atoms with van der Waals surface area (Å²) < 4.78 is 10.7. The number of hydrogen-bond donors (Lipinski definition) is 1. The van der Waals surface area contributed by atoms with Gasteiger partial charge in [0, 0.05) is 17.5 Å². The Kier molecular flexibility index (Phi) is 4.03. The van der Waals surface area contributed by atoms with Crippen LogP contribution in [0.25, 0.3) is 0 Å². The second-order valence-electron chi connectivity index (χ2n) is 4.85. The molecule has 0 bridgehead atoms. The summed E-state index contributed by atoms with van der Waals surface area (Å²) in [5, 5.41) is 0.539. The Labute approximate surface area is 113 Å². The molecular weight excluding hydrogens is 250 g/mol. The summed E-state index contributed by atoms with van der Waals surface area (Å²) in [5.41, 5.74) is 7.15. The highest BCUT2D eigenvalue weighted by Crippen LogP contribution is 2.48. The lowest BCUT2D eigenvalue weighted by Gasteiger charge is -2.30. The zero-order valence-electron chi connectivity index (χ0n) is 11.0. The van der Waals surface area contributed by atoms with Gasteiger partial charge in [-0.1, -0.05) is 30.5 Å². The van der Waals surface area contributed by atoms with Gasteiger partial charge in [-0.3, -0.25) is 0 Å². The standard InChI is InChI=1S/C14H20ClNO2/c1-17-11-6-5-10(13(18-2)12(11)15)14(9-16)7-3-4-8-14/h5-6H,3-4,7-9,16H2,1-2H3. The van der Waals surface area contributed by atoms with Gasteiger partial charge in [0.15, 0.2) is 0 Å². The molecule has 1 aliphatic rings. The minimum atomic E-state index is 0.0151. The Morgan fingerprint density at radius 1 is 1.22 bits per heavy atom. The maximum Gasteiger partial charge on any atom is 0.145 e.